The van der Waals surface area contributed by atoms with E-state index in [-0.39, 0.29) is 12.4 Å². The Morgan fingerprint density at radius 3 is 1.42 bits per heavy atom. The molecule has 0 spiro atoms. The monoisotopic (exact) mass is 471 g/mol. The van der Waals surface area contributed by atoms with Crippen LogP contribution < -0.4 is 5.32 Å². The van der Waals surface area contributed by atoms with Crippen LogP contribution >= 0.6 is 24.0 Å². The van der Waals surface area contributed by atoms with Crippen LogP contribution in [0.25, 0.3) is 0 Å². The van der Waals surface area contributed by atoms with Gasteiger partial charge < -0.3 is 5.32 Å². The van der Waals surface area contributed by atoms with E-state index in [1.165, 1.54) is 121 Å². The largest absolute Gasteiger partial charge is 0.310 e. The third kappa shape index (κ3) is 19.0. The van der Waals surface area contributed by atoms with Crippen LogP contribution in [0.15, 0.2) is 24.3 Å². The molecule has 0 atom stereocenters. The first-order chi connectivity index (χ1) is 14.8. The molecule has 182 valence electrons. The Hall–Kier alpha value is -0.240. The smallest absolute Gasteiger partial charge is 0.0406 e. The first-order valence-corrected chi connectivity index (χ1v) is 13.6. The standard InChI is InChI=1S/C28H50ClN.ClH/c1-3-5-7-9-11-13-15-17-19-28(20-18-16-14-12-10-8-6-4-2)30-25-26-21-23-27(29)24-22-26;/h21-24,28,30H,3-20,25H2,1-2H3;1H. The summed E-state index contributed by atoms with van der Waals surface area (Å²) in [6.07, 6.45) is 25.2. The van der Waals surface area contributed by atoms with Crippen LogP contribution in [-0.2, 0) is 6.54 Å². The molecule has 1 aromatic carbocycles. The van der Waals surface area contributed by atoms with E-state index in [0.29, 0.717) is 6.04 Å². The highest BCUT2D eigenvalue weighted by atomic mass is 35.5. The minimum Gasteiger partial charge on any atom is -0.310 e. The summed E-state index contributed by atoms with van der Waals surface area (Å²) >= 11 is 6.03. The van der Waals surface area contributed by atoms with Crippen molar-refractivity contribution in [2.24, 2.45) is 0 Å². The SMILES string of the molecule is CCCCCCCCCCC(CCCCCCCCCC)NCc1ccc(Cl)cc1.Cl. The maximum atomic E-state index is 6.03. The summed E-state index contributed by atoms with van der Waals surface area (Å²) < 4.78 is 0. The second-order valence-corrected chi connectivity index (χ2v) is 9.67. The number of hydrogen-bond donors (Lipinski definition) is 1. The Morgan fingerprint density at radius 1 is 0.613 bits per heavy atom. The van der Waals surface area contributed by atoms with Gasteiger partial charge in [-0.1, -0.05) is 140 Å². The summed E-state index contributed by atoms with van der Waals surface area (Å²) in [6.45, 7) is 5.56. The fourth-order valence-electron chi connectivity index (χ4n) is 4.26. The first kappa shape index (κ1) is 30.8. The number of rotatable bonds is 21. The van der Waals surface area contributed by atoms with Gasteiger partial charge in [-0.25, -0.2) is 0 Å². The van der Waals surface area contributed by atoms with Crippen LogP contribution in [0.3, 0.4) is 0 Å². The fraction of sp³-hybridized carbons (Fsp3) is 0.786. The highest BCUT2D eigenvalue weighted by molar-refractivity contribution is 6.30. The Bertz CT molecular complexity index is 454. The fourth-order valence-corrected chi connectivity index (χ4v) is 4.39. The lowest BCUT2D eigenvalue weighted by molar-refractivity contribution is 0.410. The van der Waals surface area contributed by atoms with Gasteiger partial charge in [0, 0.05) is 17.6 Å². The Kier molecular flexibility index (Phi) is 22.8. The predicted molar refractivity (Wildman–Crippen MR) is 144 cm³/mol. The molecular formula is C28H51Cl2N. The molecule has 0 unspecified atom stereocenters. The molecule has 0 aromatic heterocycles. The second kappa shape index (κ2) is 22.9. The zero-order valence-electron chi connectivity index (χ0n) is 20.6. The lowest BCUT2D eigenvalue weighted by Crippen LogP contribution is -2.28. The summed E-state index contributed by atoms with van der Waals surface area (Å²) in [7, 11) is 0. The van der Waals surface area contributed by atoms with E-state index >= 15 is 0 Å². The molecule has 31 heavy (non-hydrogen) atoms. The Labute approximate surface area is 205 Å². The molecule has 0 bridgehead atoms. The number of nitrogens with one attached hydrogen (secondary N) is 1. The normalized spacial score (nSPS) is 11.1. The number of benzene rings is 1. The Balaban J connectivity index is 0.00000900. The topological polar surface area (TPSA) is 12.0 Å². The van der Waals surface area contributed by atoms with Crippen molar-refractivity contribution in [3.05, 3.63) is 34.9 Å². The third-order valence-corrected chi connectivity index (χ3v) is 6.57. The van der Waals surface area contributed by atoms with Gasteiger partial charge in [-0.05, 0) is 30.5 Å². The van der Waals surface area contributed by atoms with Crippen molar-refractivity contribution in [1.82, 2.24) is 5.32 Å². The van der Waals surface area contributed by atoms with Crippen molar-refractivity contribution in [2.75, 3.05) is 0 Å². The molecular weight excluding hydrogens is 421 g/mol. The molecule has 0 saturated heterocycles. The molecule has 0 radical (unpaired) electrons. The van der Waals surface area contributed by atoms with Gasteiger partial charge >= 0.3 is 0 Å². The van der Waals surface area contributed by atoms with E-state index in [9.17, 15) is 0 Å². The van der Waals surface area contributed by atoms with Crippen molar-refractivity contribution >= 4 is 24.0 Å². The summed E-state index contributed by atoms with van der Waals surface area (Å²) in [6, 6.07) is 8.98. The van der Waals surface area contributed by atoms with Gasteiger partial charge in [0.2, 0.25) is 0 Å². The lowest BCUT2D eigenvalue weighted by Gasteiger charge is -2.19. The number of hydrogen-bond acceptors (Lipinski definition) is 1. The molecule has 0 fully saturated rings. The van der Waals surface area contributed by atoms with E-state index < -0.39 is 0 Å². The van der Waals surface area contributed by atoms with Crippen molar-refractivity contribution in [1.29, 1.82) is 0 Å². The molecule has 0 aliphatic carbocycles. The maximum Gasteiger partial charge on any atom is 0.0406 e. The van der Waals surface area contributed by atoms with Gasteiger partial charge in [-0.15, -0.1) is 12.4 Å². The predicted octanol–water partition coefficient (Wildman–Crippen LogP) is 10.3. The molecule has 1 aromatic rings. The van der Waals surface area contributed by atoms with Crippen molar-refractivity contribution in [3.63, 3.8) is 0 Å². The zero-order chi connectivity index (χ0) is 21.7. The van der Waals surface area contributed by atoms with E-state index in [1.807, 2.05) is 12.1 Å². The van der Waals surface area contributed by atoms with Gasteiger partial charge in [0.1, 0.15) is 0 Å². The molecule has 0 saturated carbocycles. The minimum absolute atomic E-state index is 0. The highest BCUT2D eigenvalue weighted by Gasteiger charge is 2.08. The quantitative estimate of drug-likeness (QED) is 0.175. The van der Waals surface area contributed by atoms with Crippen LogP contribution in [0.4, 0.5) is 0 Å². The molecule has 0 amide bonds. The lowest BCUT2D eigenvalue weighted by atomic mass is 9.99. The molecule has 0 heterocycles. The van der Waals surface area contributed by atoms with Crippen LogP contribution in [0.2, 0.25) is 5.02 Å². The molecule has 1 nitrogen and oxygen atoms in total. The van der Waals surface area contributed by atoms with Gasteiger partial charge in [-0.3, -0.25) is 0 Å². The molecule has 1 N–H and O–H groups in total. The average molecular weight is 473 g/mol. The van der Waals surface area contributed by atoms with E-state index in [2.05, 4.69) is 31.3 Å². The minimum atomic E-state index is 0. The first-order valence-electron chi connectivity index (χ1n) is 13.2. The van der Waals surface area contributed by atoms with E-state index in [0.717, 1.165) is 11.6 Å². The molecule has 0 aliphatic rings. The van der Waals surface area contributed by atoms with Gasteiger partial charge in [0.25, 0.3) is 0 Å². The molecule has 0 aliphatic heterocycles. The van der Waals surface area contributed by atoms with Crippen LogP contribution in [0.5, 0.6) is 0 Å². The average Bonchev–Trinajstić information content (AvgIpc) is 2.76. The summed E-state index contributed by atoms with van der Waals surface area (Å²) in [4.78, 5) is 0. The molecule has 1 rings (SSSR count). The van der Waals surface area contributed by atoms with Gasteiger partial charge in [0.05, 0.1) is 0 Å². The van der Waals surface area contributed by atoms with Crippen molar-refractivity contribution in [2.45, 2.75) is 142 Å². The highest BCUT2D eigenvalue weighted by Crippen LogP contribution is 2.16. The zero-order valence-corrected chi connectivity index (χ0v) is 22.2. The van der Waals surface area contributed by atoms with Gasteiger partial charge in [-0.2, -0.15) is 0 Å². The van der Waals surface area contributed by atoms with Gasteiger partial charge in [0.15, 0.2) is 0 Å². The summed E-state index contributed by atoms with van der Waals surface area (Å²) in [5.41, 5.74) is 1.34. The van der Waals surface area contributed by atoms with E-state index in [1.54, 1.807) is 0 Å². The third-order valence-electron chi connectivity index (χ3n) is 6.32. The maximum absolute atomic E-state index is 6.03. The molecule has 3 heteroatoms. The Morgan fingerprint density at radius 2 is 1.00 bits per heavy atom. The van der Waals surface area contributed by atoms with Crippen LogP contribution in [0, 0.1) is 0 Å². The van der Waals surface area contributed by atoms with Crippen LogP contribution in [0.1, 0.15) is 135 Å². The number of halogens is 2. The van der Waals surface area contributed by atoms with Crippen molar-refractivity contribution in [3.8, 4) is 0 Å². The van der Waals surface area contributed by atoms with E-state index in [4.69, 9.17) is 11.6 Å². The number of unbranched alkanes of at least 4 members (excludes halogenated alkanes) is 14. The van der Waals surface area contributed by atoms with Crippen molar-refractivity contribution < 1.29 is 0 Å². The van der Waals surface area contributed by atoms with Crippen LogP contribution in [-0.4, -0.2) is 6.04 Å². The summed E-state index contributed by atoms with van der Waals surface area (Å²) in [5, 5.41) is 4.68. The summed E-state index contributed by atoms with van der Waals surface area (Å²) in [5.74, 6) is 0. The second-order valence-electron chi connectivity index (χ2n) is 9.23.